The van der Waals surface area contributed by atoms with Crippen LogP contribution in [0, 0.1) is 0 Å². The van der Waals surface area contributed by atoms with Crippen LogP contribution in [0.3, 0.4) is 0 Å². The van der Waals surface area contributed by atoms with Crippen LogP contribution in [-0.4, -0.2) is 45.3 Å². The van der Waals surface area contributed by atoms with E-state index < -0.39 is 18.6 Å². The molecule has 1 aromatic heterocycles. The van der Waals surface area contributed by atoms with E-state index in [9.17, 15) is 18.0 Å². The van der Waals surface area contributed by atoms with Crippen molar-refractivity contribution in [2.24, 2.45) is 0 Å². The summed E-state index contributed by atoms with van der Waals surface area (Å²) in [6.45, 7) is 1.01. The molecule has 0 aromatic carbocycles. The quantitative estimate of drug-likeness (QED) is 0.717. The first-order valence-corrected chi connectivity index (χ1v) is 5.29. The number of nitrogens with one attached hydrogen (secondary N) is 1. The second-order valence-corrected chi connectivity index (χ2v) is 3.64. The van der Waals surface area contributed by atoms with Crippen molar-refractivity contribution in [1.82, 2.24) is 20.3 Å². The molecule has 0 bridgehead atoms. The molecule has 0 aliphatic carbocycles. The fourth-order valence-corrected chi connectivity index (χ4v) is 1.24. The van der Waals surface area contributed by atoms with Gasteiger partial charge >= 0.3 is 12.1 Å². The Balaban J connectivity index is 2.12. The van der Waals surface area contributed by atoms with E-state index in [4.69, 9.17) is 5.11 Å². The average Bonchev–Trinajstić information content (AvgIpc) is 2.70. The lowest BCUT2D eigenvalue weighted by molar-refractivity contribution is -0.135. The zero-order chi connectivity index (χ0) is 13.6. The van der Waals surface area contributed by atoms with Gasteiger partial charge in [-0.2, -0.15) is 13.2 Å². The van der Waals surface area contributed by atoms with Crippen molar-refractivity contribution in [2.75, 3.05) is 13.1 Å². The van der Waals surface area contributed by atoms with Gasteiger partial charge in [0.1, 0.15) is 0 Å². The molecule has 1 rings (SSSR count). The van der Waals surface area contributed by atoms with Crippen LogP contribution in [0.2, 0.25) is 0 Å². The van der Waals surface area contributed by atoms with E-state index in [1.54, 1.807) is 0 Å². The molecule has 0 unspecified atom stereocenters. The van der Waals surface area contributed by atoms with E-state index >= 15 is 0 Å². The number of carboxylic acids is 1. The summed E-state index contributed by atoms with van der Waals surface area (Å²) < 4.78 is 36.7. The van der Waals surface area contributed by atoms with Gasteiger partial charge in [-0.25, -0.2) is 4.79 Å². The molecule has 1 heterocycles. The van der Waals surface area contributed by atoms with Gasteiger partial charge in [-0.15, -0.1) is 5.10 Å². The van der Waals surface area contributed by atoms with Crippen LogP contribution >= 0.6 is 0 Å². The maximum atomic E-state index is 11.8. The molecule has 9 heteroatoms. The topological polar surface area (TPSA) is 80.0 Å². The summed E-state index contributed by atoms with van der Waals surface area (Å²) in [6.07, 6.45) is -3.66. The second kappa shape index (κ2) is 6.34. The largest absolute Gasteiger partial charge is 0.476 e. The highest BCUT2D eigenvalue weighted by Gasteiger charge is 2.25. The molecule has 18 heavy (non-hydrogen) atoms. The number of hydrogen-bond acceptors (Lipinski definition) is 4. The zero-order valence-electron chi connectivity index (χ0n) is 9.44. The van der Waals surface area contributed by atoms with E-state index in [2.05, 4.69) is 15.6 Å². The third-order valence-corrected chi connectivity index (χ3v) is 2.09. The summed E-state index contributed by atoms with van der Waals surface area (Å²) in [4.78, 5) is 10.5. The maximum absolute atomic E-state index is 11.8. The van der Waals surface area contributed by atoms with E-state index in [0.29, 0.717) is 13.1 Å². The normalized spacial score (nSPS) is 11.7. The highest BCUT2D eigenvalue weighted by Crippen LogP contribution is 2.20. The minimum Gasteiger partial charge on any atom is -0.476 e. The molecule has 0 saturated heterocycles. The highest BCUT2D eigenvalue weighted by molar-refractivity contribution is 5.84. The Kier molecular flexibility index (Phi) is 5.08. The Morgan fingerprint density at radius 3 is 2.72 bits per heavy atom. The third-order valence-electron chi connectivity index (χ3n) is 2.09. The van der Waals surface area contributed by atoms with Gasteiger partial charge in [-0.1, -0.05) is 5.21 Å². The summed E-state index contributed by atoms with van der Waals surface area (Å²) in [5, 5.41) is 18.3. The van der Waals surface area contributed by atoms with Crippen molar-refractivity contribution in [3.8, 4) is 0 Å². The summed E-state index contributed by atoms with van der Waals surface area (Å²) in [5.74, 6) is -1.17. The molecule has 0 saturated carbocycles. The number of aromatic nitrogens is 3. The molecule has 0 radical (unpaired) electrons. The molecular formula is C9H13F3N4O2. The number of rotatable bonds is 7. The summed E-state index contributed by atoms with van der Waals surface area (Å²) >= 11 is 0. The third kappa shape index (κ3) is 5.62. The monoisotopic (exact) mass is 266 g/mol. The predicted molar refractivity (Wildman–Crippen MR) is 55.1 cm³/mol. The number of hydrogen-bond donors (Lipinski definition) is 2. The molecule has 0 atom stereocenters. The summed E-state index contributed by atoms with van der Waals surface area (Å²) in [7, 11) is 0. The molecule has 0 amide bonds. The number of alkyl halides is 3. The van der Waals surface area contributed by atoms with Crippen LogP contribution in [0.5, 0.6) is 0 Å². The van der Waals surface area contributed by atoms with Gasteiger partial charge in [0, 0.05) is 13.0 Å². The average molecular weight is 266 g/mol. The lowest BCUT2D eigenvalue weighted by Crippen LogP contribution is -2.22. The van der Waals surface area contributed by atoms with Gasteiger partial charge < -0.3 is 10.4 Å². The minimum absolute atomic E-state index is 0.0151. The van der Waals surface area contributed by atoms with Crippen molar-refractivity contribution in [3.63, 3.8) is 0 Å². The molecular weight excluding hydrogens is 253 g/mol. The molecule has 0 fully saturated rings. The van der Waals surface area contributed by atoms with Gasteiger partial charge in [-0.05, 0) is 13.0 Å². The van der Waals surface area contributed by atoms with Crippen LogP contribution in [-0.2, 0) is 6.54 Å². The molecule has 102 valence electrons. The van der Waals surface area contributed by atoms with Crippen molar-refractivity contribution in [1.29, 1.82) is 0 Å². The molecule has 1 aromatic rings. The fourth-order valence-electron chi connectivity index (χ4n) is 1.24. The van der Waals surface area contributed by atoms with Crippen molar-refractivity contribution in [2.45, 2.75) is 25.6 Å². The van der Waals surface area contributed by atoms with Crippen LogP contribution in [0.4, 0.5) is 13.2 Å². The Bertz CT molecular complexity index is 391. The van der Waals surface area contributed by atoms with Gasteiger partial charge in [-0.3, -0.25) is 4.68 Å². The lowest BCUT2D eigenvalue weighted by atomic mass is 10.3. The second-order valence-electron chi connectivity index (χ2n) is 3.64. The van der Waals surface area contributed by atoms with Crippen LogP contribution in [0.25, 0.3) is 0 Å². The van der Waals surface area contributed by atoms with Crippen LogP contribution in [0.15, 0.2) is 6.20 Å². The molecule has 0 aliphatic rings. The Morgan fingerprint density at radius 2 is 2.17 bits per heavy atom. The number of aromatic carboxylic acids is 1. The number of carbonyl (C=O) groups is 1. The van der Waals surface area contributed by atoms with Crippen molar-refractivity contribution >= 4 is 5.97 Å². The Hall–Kier alpha value is -1.64. The predicted octanol–water partition coefficient (Wildman–Crippen LogP) is 0.908. The zero-order valence-corrected chi connectivity index (χ0v) is 9.44. The minimum atomic E-state index is -4.12. The Morgan fingerprint density at radius 1 is 1.44 bits per heavy atom. The van der Waals surface area contributed by atoms with Gasteiger partial charge in [0.05, 0.1) is 12.7 Å². The van der Waals surface area contributed by atoms with E-state index in [-0.39, 0.29) is 18.7 Å². The van der Waals surface area contributed by atoms with Crippen molar-refractivity contribution < 1.29 is 23.1 Å². The van der Waals surface area contributed by atoms with E-state index in [0.717, 1.165) is 0 Å². The number of nitrogens with zero attached hydrogens (tertiary/aromatic N) is 3. The molecule has 0 aliphatic heterocycles. The first kappa shape index (κ1) is 14.4. The van der Waals surface area contributed by atoms with Gasteiger partial charge in [0.15, 0.2) is 5.69 Å². The van der Waals surface area contributed by atoms with E-state index in [1.807, 2.05) is 0 Å². The highest BCUT2D eigenvalue weighted by atomic mass is 19.4. The summed E-state index contributed by atoms with van der Waals surface area (Å²) in [5.41, 5.74) is -0.160. The maximum Gasteiger partial charge on any atom is 0.389 e. The van der Waals surface area contributed by atoms with Crippen LogP contribution in [0.1, 0.15) is 23.3 Å². The first-order chi connectivity index (χ1) is 8.38. The first-order valence-electron chi connectivity index (χ1n) is 5.29. The molecule has 0 spiro atoms. The fraction of sp³-hybridized carbons (Fsp3) is 0.667. The lowest BCUT2D eigenvalue weighted by Gasteiger charge is -2.06. The van der Waals surface area contributed by atoms with Crippen LogP contribution < -0.4 is 5.32 Å². The van der Waals surface area contributed by atoms with E-state index in [1.165, 1.54) is 10.9 Å². The molecule has 2 N–H and O–H groups in total. The molecule has 6 nitrogen and oxygen atoms in total. The summed E-state index contributed by atoms with van der Waals surface area (Å²) in [6, 6.07) is 0. The standard InChI is InChI=1S/C9H13F3N4O2/c10-9(11,12)2-1-3-13-4-5-16-6-7(8(17)18)14-15-16/h6,13H,1-5H2,(H,17,18). The van der Waals surface area contributed by atoms with Gasteiger partial charge in [0.25, 0.3) is 0 Å². The van der Waals surface area contributed by atoms with Crippen molar-refractivity contribution in [3.05, 3.63) is 11.9 Å². The van der Waals surface area contributed by atoms with Gasteiger partial charge in [0.2, 0.25) is 0 Å². The Labute approximate surface area is 101 Å². The number of halogens is 3. The SMILES string of the molecule is O=C(O)c1cn(CCNCCCC(F)(F)F)nn1. The smallest absolute Gasteiger partial charge is 0.389 e. The number of carboxylic acid groups (broad SMARTS) is 1.